The summed E-state index contributed by atoms with van der Waals surface area (Å²) in [6, 6.07) is 9.71. The Morgan fingerprint density at radius 2 is 1.84 bits per heavy atom. The maximum atomic E-state index is 9.57. The topological polar surface area (TPSA) is 71.8 Å². The van der Waals surface area contributed by atoms with Crippen LogP contribution in [0, 0.1) is 11.3 Å². The number of ether oxygens (including phenoxy) is 1. The Hall–Kier alpha value is -1.65. The zero-order chi connectivity index (χ0) is 17.6. The molecule has 6 nitrogen and oxygen atoms in total. The number of hydrogen-bond acceptors (Lipinski definition) is 6. The lowest BCUT2D eigenvalue weighted by Gasteiger charge is -2.46. The van der Waals surface area contributed by atoms with E-state index in [2.05, 4.69) is 21.2 Å². The standard InChI is InChI=1S/C19H28N4O2/c1-15(24)10-23-13-18-11-22(12-19(14-23)25-18)8-2-7-21-17-5-3-16(9-20)4-6-17/h3-6,15,18-19,21,24H,2,7-8,10-14H2,1H3. The van der Waals surface area contributed by atoms with Gasteiger partial charge in [-0.25, -0.2) is 0 Å². The van der Waals surface area contributed by atoms with Crippen LogP contribution in [0.5, 0.6) is 0 Å². The van der Waals surface area contributed by atoms with Crippen molar-refractivity contribution in [2.75, 3.05) is 51.1 Å². The Morgan fingerprint density at radius 3 is 2.44 bits per heavy atom. The molecular formula is C19H28N4O2. The van der Waals surface area contributed by atoms with Crippen molar-refractivity contribution in [3.8, 4) is 6.07 Å². The number of morpholine rings is 2. The molecule has 1 aromatic carbocycles. The maximum absolute atomic E-state index is 9.57. The third kappa shape index (κ3) is 5.41. The van der Waals surface area contributed by atoms with Gasteiger partial charge in [0, 0.05) is 51.5 Å². The van der Waals surface area contributed by atoms with Gasteiger partial charge in [-0.05, 0) is 37.6 Å². The highest BCUT2D eigenvalue weighted by atomic mass is 16.5. The molecule has 3 rings (SSSR count). The summed E-state index contributed by atoms with van der Waals surface area (Å²) in [4.78, 5) is 4.83. The molecule has 2 heterocycles. The lowest BCUT2D eigenvalue weighted by Crippen LogP contribution is -2.60. The molecule has 1 aromatic rings. The largest absolute Gasteiger partial charge is 0.392 e. The number of nitrogens with one attached hydrogen (secondary N) is 1. The molecule has 0 aromatic heterocycles. The molecule has 0 aliphatic carbocycles. The van der Waals surface area contributed by atoms with E-state index in [-0.39, 0.29) is 18.3 Å². The van der Waals surface area contributed by atoms with Crippen LogP contribution in [-0.4, -0.2) is 79.0 Å². The van der Waals surface area contributed by atoms with Crippen LogP contribution in [0.15, 0.2) is 24.3 Å². The van der Waals surface area contributed by atoms with Crippen molar-refractivity contribution in [3.63, 3.8) is 0 Å². The van der Waals surface area contributed by atoms with Crippen molar-refractivity contribution >= 4 is 5.69 Å². The summed E-state index contributed by atoms with van der Waals surface area (Å²) in [6.07, 6.45) is 1.33. The summed E-state index contributed by atoms with van der Waals surface area (Å²) in [6.45, 7) is 8.36. The zero-order valence-electron chi connectivity index (χ0n) is 14.9. The number of nitrogens with zero attached hydrogens (tertiary/aromatic N) is 3. The lowest BCUT2D eigenvalue weighted by molar-refractivity contribution is -0.141. The van der Waals surface area contributed by atoms with Crippen LogP contribution < -0.4 is 5.32 Å². The normalized spacial score (nSPS) is 25.3. The average molecular weight is 344 g/mol. The fraction of sp³-hybridized carbons (Fsp3) is 0.632. The van der Waals surface area contributed by atoms with E-state index in [4.69, 9.17) is 10.00 Å². The lowest BCUT2D eigenvalue weighted by atomic mass is 10.1. The maximum Gasteiger partial charge on any atom is 0.0991 e. The minimum absolute atomic E-state index is 0.262. The molecule has 25 heavy (non-hydrogen) atoms. The fourth-order valence-electron chi connectivity index (χ4n) is 3.76. The first-order valence-electron chi connectivity index (χ1n) is 9.14. The predicted molar refractivity (Wildman–Crippen MR) is 97.5 cm³/mol. The molecule has 2 fully saturated rings. The molecule has 0 saturated carbocycles. The van der Waals surface area contributed by atoms with E-state index in [0.717, 1.165) is 57.9 Å². The molecule has 136 valence electrons. The summed E-state index contributed by atoms with van der Waals surface area (Å²) in [5.41, 5.74) is 1.75. The van der Waals surface area contributed by atoms with Crippen molar-refractivity contribution in [1.29, 1.82) is 5.26 Å². The third-order valence-corrected chi connectivity index (χ3v) is 4.75. The summed E-state index contributed by atoms with van der Waals surface area (Å²) in [7, 11) is 0. The molecule has 2 N–H and O–H groups in total. The fourth-order valence-corrected chi connectivity index (χ4v) is 3.76. The second kappa shape index (κ2) is 8.63. The second-order valence-corrected chi connectivity index (χ2v) is 7.18. The van der Waals surface area contributed by atoms with Crippen LogP contribution >= 0.6 is 0 Å². The first-order valence-corrected chi connectivity index (χ1v) is 9.14. The molecule has 2 aliphatic heterocycles. The van der Waals surface area contributed by atoms with Crippen molar-refractivity contribution in [1.82, 2.24) is 9.80 Å². The Bertz CT molecular complexity index is 570. The molecule has 0 amide bonds. The third-order valence-electron chi connectivity index (χ3n) is 4.75. The van der Waals surface area contributed by atoms with Crippen LogP contribution in [0.25, 0.3) is 0 Å². The van der Waals surface area contributed by atoms with Crippen LogP contribution in [0.1, 0.15) is 18.9 Å². The van der Waals surface area contributed by atoms with Gasteiger partial charge in [0.25, 0.3) is 0 Å². The van der Waals surface area contributed by atoms with E-state index < -0.39 is 0 Å². The molecular weight excluding hydrogens is 316 g/mol. The Labute approximate surface area is 150 Å². The summed E-state index contributed by atoms with van der Waals surface area (Å²) in [5.74, 6) is 0. The van der Waals surface area contributed by atoms with Gasteiger partial charge in [0.15, 0.2) is 0 Å². The second-order valence-electron chi connectivity index (χ2n) is 7.18. The van der Waals surface area contributed by atoms with Crippen LogP contribution in [-0.2, 0) is 4.74 Å². The number of benzene rings is 1. The van der Waals surface area contributed by atoms with E-state index in [1.807, 2.05) is 31.2 Å². The summed E-state index contributed by atoms with van der Waals surface area (Å²) < 4.78 is 6.05. The zero-order valence-corrected chi connectivity index (χ0v) is 14.9. The van der Waals surface area contributed by atoms with Crippen molar-refractivity contribution in [2.24, 2.45) is 0 Å². The first kappa shape index (κ1) is 18.2. The number of fused-ring (bicyclic) bond motifs is 2. The number of hydrogen-bond donors (Lipinski definition) is 2. The van der Waals surface area contributed by atoms with Gasteiger partial charge in [-0.3, -0.25) is 9.80 Å². The highest BCUT2D eigenvalue weighted by Crippen LogP contribution is 2.19. The molecule has 0 spiro atoms. The van der Waals surface area contributed by atoms with E-state index in [0.29, 0.717) is 5.56 Å². The molecule has 3 atom stereocenters. The predicted octanol–water partition coefficient (Wildman–Crippen LogP) is 1.13. The number of aliphatic hydroxyl groups is 1. The van der Waals surface area contributed by atoms with Crippen molar-refractivity contribution < 1.29 is 9.84 Å². The Morgan fingerprint density at radius 1 is 1.20 bits per heavy atom. The highest BCUT2D eigenvalue weighted by molar-refractivity contribution is 5.46. The van der Waals surface area contributed by atoms with Crippen LogP contribution in [0.2, 0.25) is 0 Å². The molecule has 3 unspecified atom stereocenters. The van der Waals surface area contributed by atoms with Crippen molar-refractivity contribution in [2.45, 2.75) is 31.7 Å². The first-order chi connectivity index (χ1) is 12.1. The van der Waals surface area contributed by atoms with Crippen molar-refractivity contribution in [3.05, 3.63) is 29.8 Å². The molecule has 0 radical (unpaired) electrons. The number of rotatable bonds is 7. The minimum atomic E-state index is -0.275. The molecule has 2 bridgehead atoms. The van der Waals surface area contributed by atoms with Gasteiger partial charge in [0.2, 0.25) is 0 Å². The summed E-state index contributed by atoms with van der Waals surface area (Å²) in [5, 5.41) is 21.8. The van der Waals surface area contributed by atoms with Gasteiger partial charge < -0.3 is 15.2 Å². The van der Waals surface area contributed by atoms with Gasteiger partial charge in [0.1, 0.15) is 0 Å². The quantitative estimate of drug-likeness (QED) is 0.723. The summed E-state index contributed by atoms with van der Waals surface area (Å²) >= 11 is 0. The van der Waals surface area contributed by atoms with E-state index in [9.17, 15) is 5.11 Å². The number of aliphatic hydroxyl groups excluding tert-OH is 1. The van der Waals surface area contributed by atoms with Crippen LogP contribution in [0.3, 0.4) is 0 Å². The van der Waals surface area contributed by atoms with E-state index >= 15 is 0 Å². The number of β-amino-alcohol motifs (C(OH)–C–C–N with tert-alkyl or cyclic N) is 1. The van der Waals surface area contributed by atoms with Crippen LogP contribution in [0.4, 0.5) is 5.69 Å². The van der Waals surface area contributed by atoms with Gasteiger partial charge in [-0.2, -0.15) is 5.26 Å². The molecule has 2 aliphatic rings. The molecule has 6 heteroatoms. The Balaban J connectivity index is 1.36. The van der Waals surface area contributed by atoms with Gasteiger partial charge >= 0.3 is 0 Å². The Kier molecular flexibility index (Phi) is 6.27. The average Bonchev–Trinajstić information content (AvgIpc) is 2.58. The van der Waals surface area contributed by atoms with Gasteiger partial charge in [-0.15, -0.1) is 0 Å². The smallest absolute Gasteiger partial charge is 0.0991 e. The molecule has 2 saturated heterocycles. The van der Waals surface area contributed by atoms with Gasteiger partial charge in [-0.1, -0.05) is 0 Å². The number of nitriles is 1. The van der Waals surface area contributed by atoms with E-state index in [1.54, 1.807) is 0 Å². The highest BCUT2D eigenvalue weighted by Gasteiger charge is 2.34. The monoisotopic (exact) mass is 344 g/mol. The minimum Gasteiger partial charge on any atom is -0.392 e. The van der Waals surface area contributed by atoms with Gasteiger partial charge in [0.05, 0.1) is 29.9 Å². The van der Waals surface area contributed by atoms with E-state index in [1.165, 1.54) is 0 Å². The SMILES string of the molecule is CC(O)CN1CC2CN(CCCNc3ccc(C#N)cc3)CC(C1)O2. The number of anilines is 1.